The fraction of sp³-hybridized carbons (Fsp3) is 0.111. The highest BCUT2D eigenvalue weighted by Crippen LogP contribution is 2.23. The van der Waals surface area contributed by atoms with Gasteiger partial charge in [-0.15, -0.1) is 0 Å². The lowest BCUT2D eigenvalue weighted by Gasteiger charge is -2.17. The first-order chi connectivity index (χ1) is 17.1. The van der Waals surface area contributed by atoms with Crippen LogP contribution in [0.1, 0.15) is 27.7 Å². The second-order valence-electron chi connectivity index (χ2n) is 8.08. The molecule has 172 valence electrons. The van der Waals surface area contributed by atoms with Crippen LogP contribution in [-0.2, 0) is 4.74 Å². The van der Waals surface area contributed by atoms with Crippen LogP contribution in [0.15, 0.2) is 83.8 Å². The van der Waals surface area contributed by atoms with Crippen molar-refractivity contribution in [3.05, 3.63) is 106 Å². The molecule has 2 aromatic heterocycles. The molecule has 5 aromatic rings. The number of hydrogen-bond donors (Lipinski definition) is 2. The summed E-state index contributed by atoms with van der Waals surface area (Å²) in [7, 11) is 1.54. The zero-order chi connectivity index (χ0) is 24.4. The number of nitrogens with zero attached hydrogens (tertiary/aromatic N) is 3. The Kier molecular flexibility index (Phi) is 5.83. The maximum atomic E-state index is 13.2. The molecule has 0 saturated carbocycles. The summed E-state index contributed by atoms with van der Waals surface area (Å²) in [5, 5.41) is 19.1. The van der Waals surface area contributed by atoms with Crippen molar-refractivity contribution in [3.63, 3.8) is 0 Å². The second-order valence-corrected chi connectivity index (χ2v) is 8.08. The molecule has 0 spiro atoms. The van der Waals surface area contributed by atoms with Crippen LogP contribution in [0, 0.1) is 11.3 Å². The molecule has 1 amide bonds. The third kappa shape index (κ3) is 4.16. The topological polar surface area (TPSA) is 112 Å². The lowest BCUT2D eigenvalue weighted by Crippen LogP contribution is -2.32. The number of amides is 1. The molecule has 8 heteroatoms. The zero-order valence-electron chi connectivity index (χ0n) is 18.9. The van der Waals surface area contributed by atoms with E-state index in [0.29, 0.717) is 5.69 Å². The molecular weight excluding hydrogens is 442 g/mol. The number of methoxy groups -OCH3 is 1. The maximum Gasteiger partial charge on any atom is 0.275 e. The van der Waals surface area contributed by atoms with E-state index >= 15 is 0 Å². The van der Waals surface area contributed by atoms with E-state index in [0.717, 1.165) is 21.9 Å². The summed E-state index contributed by atoms with van der Waals surface area (Å²) in [6, 6.07) is 24.6. The molecule has 0 aliphatic rings. The van der Waals surface area contributed by atoms with E-state index in [4.69, 9.17) is 4.74 Å². The molecule has 0 fully saturated rings. The van der Waals surface area contributed by atoms with Crippen molar-refractivity contribution in [1.82, 2.24) is 19.9 Å². The van der Waals surface area contributed by atoms with E-state index in [1.165, 1.54) is 4.52 Å². The van der Waals surface area contributed by atoms with Gasteiger partial charge >= 0.3 is 0 Å². The minimum Gasteiger partial charge on any atom is -0.382 e. The van der Waals surface area contributed by atoms with Crippen molar-refractivity contribution in [2.45, 2.75) is 6.04 Å². The molecule has 5 rings (SSSR count). The van der Waals surface area contributed by atoms with Crippen LogP contribution < -0.4 is 10.9 Å². The predicted molar refractivity (Wildman–Crippen MR) is 132 cm³/mol. The lowest BCUT2D eigenvalue weighted by molar-refractivity contribution is 0.0891. The van der Waals surface area contributed by atoms with Crippen LogP contribution in [0.25, 0.3) is 27.5 Å². The number of fused-ring (bicyclic) bond motifs is 2. The Hall–Kier alpha value is -4.74. The predicted octanol–water partition coefficient (Wildman–Crippen LogP) is 3.83. The Balaban J connectivity index is 1.55. The molecular formula is C27H21N5O3. The van der Waals surface area contributed by atoms with Crippen LogP contribution >= 0.6 is 0 Å². The summed E-state index contributed by atoms with van der Waals surface area (Å²) < 4.78 is 6.56. The third-order valence-electron chi connectivity index (χ3n) is 5.85. The molecule has 3 aromatic carbocycles. The smallest absolute Gasteiger partial charge is 0.275 e. The molecule has 1 atom stereocenters. The van der Waals surface area contributed by atoms with Gasteiger partial charge in [-0.3, -0.25) is 9.59 Å². The number of nitrogens with one attached hydrogen (secondary N) is 2. The fourth-order valence-electron chi connectivity index (χ4n) is 4.15. The zero-order valence-corrected chi connectivity index (χ0v) is 18.9. The Morgan fingerprint density at radius 3 is 2.60 bits per heavy atom. The van der Waals surface area contributed by atoms with Gasteiger partial charge in [-0.25, -0.2) is 4.52 Å². The van der Waals surface area contributed by atoms with E-state index in [1.54, 1.807) is 13.3 Å². The number of rotatable bonds is 6. The van der Waals surface area contributed by atoms with Crippen molar-refractivity contribution >= 4 is 22.2 Å². The van der Waals surface area contributed by atoms with Gasteiger partial charge < -0.3 is 15.0 Å². The average molecular weight is 463 g/mol. The molecule has 0 radical (unpaired) electrons. The average Bonchev–Trinajstić information content (AvgIpc) is 3.28. The highest BCUT2D eigenvalue weighted by molar-refractivity contribution is 5.97. The van der Waals surface area contributed by atoms with Gasteiger partial charge in [0.1, 0.15) is 17.1 Å². The maximum absolute atomic E-state index is 13.2. The minimum absolute atomic E-state index is 0.0187. The first kappa shape index (κ1) is 22.1. The monoisotopic (exact) mass is 463 g/mol. The summed E-state index contributed by atoms with van der Waals surface area (Å²) in [4.78, 5) is 29.0. The van der Waals surface area contributed by atoms with E-state index in [2.05, 4.69) is 15.4 Å². The number of aromatic nitrogens is 3. The number of nitriles is 1. The Morgan fingerprint density at radius 2 is 1.86 bits per heavy atom. The van der Waals surface area contributed by atoms with E-state index in [1.807, 2.05) is 78.9 Å². The second kappa shape index (κ2) is 9.25. The molecule has 0 aliphatic carbocycles. The highest BCUT2D eigenvalue weighted by Gasteiger charge is 2.24. The molecule has 8 nitrogen and oxygen atoms in total. The number of H-pyrrole nitrogens is 1. The summed E-state index contributed by atoms with van der Waals surface area (Å²) in [6.07, 6.45) is 1.61. The summed E-state index contributed by atoms with van der Waals surface area (Å²) in [6.45, 7) is 0.234. The summed E-state index contributed by atoms with van der Waals surface area (Å²) >= 11 is 0. The standard InChI is InChI=1S/C27H21N5O3/c1-35-16-23(18-8-3-2-4-9-18)30-26(33)24-21(14-28)25-27(34)29-22(15-32(25)31-24)20-12-11-17-7-5-6-10-19(17)13-20/h2-13,15,23H,16H2,1H3,(H,29,34)(H,30,33). The van der Waals surface area contributed by atoms with Crippen LogP contribution in [-0.4, -0.2) is 34.2 Å². The fourth-order valence-corrected chi connectivity index (χ4v) is 4.15. The molecule has 35 heavy (non-hydrogen) atoms. The van der Waals surface area contributed by atoms with Gasteiger partial charge in [0, 0.05) is 12.7 Å². The number of ether oxygens (including phenoxy) is 1. The van der Waals surface area contributed by atoms with Crippen molar-refractivity contribution in [2.24, 2.45) is 0 Å². The number of carbonyl (C=O) groups is 1. The van der Waals surface area contributed by atoms with Gasteiger partial charge in [-0.2, -0.15) is 10.4 Å². The first-order valence-corrected chi connectivity index (χ1v) is 11.0. The normalized spacial score (nSPS) is 11.9. The van der Waals surface area contributed by atoms with Gasteiger partial charge in [-0.05, 0) is 22.4 Å². The third-order valence-corrected chi connectivity index (χ3v) is 5.85. The number of hydrogen-bond acceptors (Lipinski definition) is 5. The highest BCUT2D eigenvalue weighted by atomic mass is 16.5. The summed E-state index contributed by atoms with van der Waals surface area (Å²) in [5.74, 6) is -0.567. The van der Waals surface area contributed by atoms with E-state index in [9.17, 15) is 14.9 Å². The number of carbonyl (C=O) groups excluding carboxylic acids is 1. The van der Waals surface area contributed by atoms with Crippen LogP contribution in [0.2, 0.25) is 0 Å². The lowest BCUT2D eigenvalue weighted by atomic mass is 10.1. The molecule has 0 aliphatic heterocycles. The molecule has 0 bridgehead atoms. The SMILES string of the molecule is COCC(NC(=O)c1nn2cc(-c3ccc4ccccc4c3)[nH]c(=O)c2c1C#N)c1ccccc1. The van der Waals surface area contributed by atoms with E-state index < -0.39 is 17.5 Å². The molecule has 2 N–H and O–H groups in total. The quantitative estimate of drug-likeness (QED) is 0.397. The van der Waals surface area contributed by atoms with Crippen molar-refractivity contribution < 1.29 is 9.53 Å². The summed E-state index contributed by atoms with van der Waals surface area (Å²) in [5.41, 5.74) is 1.46. The van der Waals surface area contributed by atoms with Crippen molar-refractivity contribution in [1.29, 1.82) is 5.26 Å². The van der Waals surface area contributed by atoms with Gasteiger partial charge in [0.05, 0.1) is 24.5 Å². The van der Waals surface area contributed by atoms with Gasteiger partial charge in [-0.1, -0.05) is 66.7 Å². The minimum atomic E-state index is -0.567. The van der Waals surface area contributed by atoms with E-state index in [-0.39, 0.29) is 23.4 Å². The Morgan fingerprint density at radius 1 is 1.11 bits per heavy atom. The molecule has 2 heterocycles. The van der Waals surface area contributed by atoms with Crippen LogP contribution in [0.5, 0.6) is 0 Å². The first-order valence-electron chi connectivity index (χ1n) is 11.0. The number of benzene rings is 3. The van der Waals surface area contributed by atoms with Crippen LogP contribution in [0.3, 0.4) is 0 Å². The largest absolute Gasteiger partial charge is 0.382 e. The molecule has 1 unspecified atom stereocenters. The van der Waals surface area contributed by atoms with Crippen LogP contribution in [0.4, 0.5) is 0 Å². The van der Waals surface area contributed by atoms with Gasteiger partial charge in [0.15, 0.2) is 5.69 Å². The van der Waals surface area contributed by atoms with Gasteiger partial charge in [0.25, 0.3) is 11.5 Å². The van der Waals surface area contributed by atoms with Gasteiger partial charge in [0.2, 0.25) is 0 Å². The Labute approximate surface area is 200 Å². The number of aromatic amines is 1. The van der Waals surface area contributed by atoms with Crippen molar-refractivity contribution in [3.8, 4) is 17.3 Å². The Bertz CT molecular complexity index is 1650. The molecule has 0 saturated heterocycles. The van der Waals surface area contributed by atoms with Crippen molar-refractivity contribution in [2.75, 3.05) is 13.7 Å².